The SMILES string of the molecule is COC(=O)C(C(=O)OC)[C@@H](C)[C@H](NC(=O)C[C@@H]1NC(=O)[C@H](Cc2ccccc2)NC1=O)C(N)=O. The Balaban J connectivity index is 2.04. The van der Waals surface area contributed by atoms with E-state index in [2.05, 4.69) is 25.4 Å². The Morgan fingerprint density at radius 3 is 2.03 bits per heavy atom. The molecule has 12 heteroatoms. The number of ether oxygens (including phenoxy) is 2. The topological polar surface area (TPSA) is 183 Å². The molecule has 4 amide bonds. The molecule has 5 N–H and O–H groups in total. The number of rotatable bonds is 10. The first kappa shape index (κ1) is 26.3. The van der Waals surface area contributed by atoms with Gasteiger partial charge in [-0.05, 0) is 5.56 Å². The third-order valence-electron chi connectivity index (χ3n) is 5.52. The molecule has 0 spiro atoms. The van der Waals surface area contributed by atoms with Crippen molar-refractivity contribution >= 4 is 35.6 Å². The van der Waals surface area contributed by atoms with Crippen molar-refractivity contribution in [1.29, 1.82) is 0 Å². The number of carbonyl (C=O) groups excluding carboxylic acids is 6. The second kappa shape index (κ2) is 11.8. The van der Waals surface area contributed by atoms with Crippen molar-refractivity contribution in [2.24, 2.45) is 17.6 Å². The number of carbonyl (C=O) groups is 6. The summed E-state index contributed by atoms with van der Waals surface area (Å²) < 4.78 is 9.17. The Kier molecular flexibility index (Phi) is 9.10. The van der Waals surface area contributed by atoms with Gasteiger partial charge >= 0.3 is 11.9 Å². The van der Waals surface area contributed by atoms with E-state index >= 15 is 0 Å². The number of amides is 4. The normalized spacial score (nSPS) is 19.3. The summed E-state index contributed by atoms with van der Waals surface area (Å²) in [5, 5.41) is 7.42. The minimum Gasteiger partial charge on any atom is -0.468 e. The molecule has 34 heavy (non-hydrogen) atoms. The number of nitrogens with two attached hydrogens (primary N) is 1. The van der Waals surface area contributed by atoms with E-state index in [0.717, 1.165) is 19.8 Å². The minimum atomic E-state index is -1.52. The predicted octanol–water partition coefficient (Wildman–Crippen LogP) is -1.83. The summed E-state index contributed by atoms with van der Waals surface area (Å²) in [6.45, 7) is 1.34. The number of primary amides is 1. The van der Waals surface area contributed by atoms with Gasteiger partial charge in [-0.25, -0.2) is 0 Å². The van der Waals surface area contributed by atoms with E-state index in [1.165, 1.54) is 6.92 Å². The van der Waals surface area contributed by atoms with Crippen LogP contribution in [0.2, 0.25) is 0 Å². The quantitative estimate of drug-likeness (QED) is 0.224. The molecule has 12 nitrogen and oxygen atoms in total. The van der Waals surface area contributed by atoms with Gasteiger partial charge in [-0.3, -0.25) is 28.8 Å². The van der Waals surface area contributed by atoms with Crippen molar-refractivity contribution in [3.63, 3.8) is 0 Å². The molecule has 1 heterocycles. The summed E-state index contributed by atoms with van der Waals surface area (Å²) in [5.74, 6) is -7.43. The Labute approximate surface area is 195 Å². The van der Waals surface area contributed by atoms with Crippen molar-refractivity contribution in [3.8, 4) is 0 Å². The molecule has 1 fully saturated rings. The van der Waals surface area contributed by atoms with Gasteiger partial charge in [-0.1, -0.05) is 37.3 Å². The fourth-order valence-electron chi connectivity index (χ4n) is 3.66. The Bertz CT molecular complexity index is 935. The highest BCUT2D eigenvalue weighted by Crippen LogP contribution is 2.20. The monoisotopic (exact) mass is 476 g/mol. The summed E-state index contributed by atoms with van der Waals surface area (Å²) in [6, 6.07) is 5.66. The zero-order valence-corrected chi connectivity index (χ0v) is 19.0. The number of hydrogen-bond donors (Lipinski definition) is 4. The molecule has 0 bridgehead atoms. The van der Waals surface area contributed by atoms with E-state index < -0.39 is 71.9 Å². The maximum Gasteiger partial charge on any atom is 0.320 e. The molecule has 1 aromatic carbocycles. The van der Waals surface area contributed by atoms with Crippen molar-refractivity contribution in [3.05, 3.63) is 35.9 Å². The van der Waals surface area contributed by atoms with E-state index in [1.54, 1.807) is 0 Å². The number of benzene rings is 1. The Morgan fingerprint density at radius 1 is 0.971 bits per heavy atom. The number of piperazine rings is 1. The van der Waals surface area contributed by atoms with Crippen LogP contribution >= 0.6 is 0 Å². The van der Waals surface area contributed by atoms with Crippen molar-refractivity contribution in [1.82, 2.24) is 16.0 Å². The van der Waals surface area contributed by atoms with Crippen LogP contribution < -0.4 is 21.7 Å². The van der Waals surface area contributed by atoms with Crippen LogP contribution in [-0.4, -0.2) is 67.9 Å². The van der Waals surface area contributed by atoms with Gasteiger partial charge in [-0.2, -0.15) is 0 Å². The number of nitrogens with one attached hydrogen (secondary N) is 3. The zero-order chi connectivity index (χ0) is 25.4. The second-order valence-corrected chi connectivity index (χ2v) is 7.85. The fraction of sp³-hybridized carbons (Fsp3) is 0.455. The first-order chi connectivity index (χ1) is 16.1. The summed E-state index contributed by atoms with van der Waals surface area (Å²) in [5.41, 5.74) is 6.22. The summed E-state index contributed by atoms with van der Waals surface area (Å²) >= 11 is 0. The number of methoxy groups -OCH3 is 2. The van der Waals surface area contributed by atoms with Gasteiger partial charge in [0.1, 0.15) is 18.1 Å². The average Bonchev–Trinajstić information content (AvgIpc) is 2.80. The van der Waals surface area contributed by atoms with Crippen LogP contribution in [0.3, 0.4) is 0 Å². The predicted molar refractivity (Wildman–Crippen MR) is 116 cm³/mol. The van der Waals surface area contributed by atoms with E-state index in [-0.39, 0.29) is 6.42 Å². The van der Waals surface area contributed by atoms with Crippen LogP contribution in [-0.2, 0) is 44.7 Å². The highest BCUT2D eigenvalue weighted by atomic mass is 16.5. The molecule has 2 rings (SSSR count). The largest absolute Gasteiger partial charge is 0.468 e. The van der Waals surface area contributed by atoms with Gasteiger partial charge in [-0.15, -0.1) is 0 Å². The number of esters is 2. The molecule has 1 saturated heterocycles. The second-order valence-electron chi connectivity index (χ2n) is 7.85. The molecule has 0 unspecified atom stereocenters. The van der Waals surface area contributed by atoms with Crippen LogP contribution in [0.4, 0.5) is 0 Å². The fourth-order valence-corrected chi connectivity index (χ4v) is 3.66. The van der Waals surface area contributed by atoms with E-state index in [0.29, 0.717) is 0 Å². The lowest BCUT2D eigenvalue weighted by molar-refractivity contribution is -0.162. The zero-order valence-electron chi connectivity index (χ0n) is 19.0. The third-order valence-corrected chi connectivity index (χ3v) is 5.52. The molecule has 0 saturated carbocycles. The lowest BCUT2D eigenvalue weighted by Gasteiger charge is -2.30. The molecule has 1 aliphatic heterocycles. The first-order valence-corrected chi connectivity index (χ1v) is 10.5. The summed E-state index contributed by atoms with van der Waals surface area (Å²) in [7, 11) is 2.11. The molecular formula is C22H28N4O8. The third kappa shape index (κ3) is 6.53. The molecular weight excluding hydrogens is 448 g/mol. The molecule has 1 aliphatic rings. The maximum atomic E-state index is 12.6. The van der Waals surface area contributed by atoms with E-state index in [4.69, 9.17) is 5.73 Å². The van der Waals surface area contributed by atoms with Gasteiger partial charge in [0.15, 0.2) is 5.92 Å². The summed E-state index contributed by atoms with van der Waals surface area (Å²) in [4.78, 5) is 73.5. The van der Waals surface area contributed by atoms with Gasteiger partial charge < -0.3 is 31.2 Å². The molecule has 0 aromatic heterocycles. The Hall–Kier alpha value is -3.96. The van der Waals surface area contributed by atoms with Crippen LogP contribution in [0.15, 0.2) is 30.3 Å². The molecule has 1 aromatic rings. The van der Waals surface area contributed by atoms with Crippen molar-refractivity contribution < 1.29 is 38.2 Å². The van der Waals surface area contributed by atoms with Crippen LogP contribution in [0.5, 0.6) is 0 Å². The molecule has 0 aliphatic carbocycles. The van der Waals surface area contributed by atoms with Crippen molar-refractivity contribution in [2.45, 2.75) is 37.9 Å². The highest BCUT2D eigenvalue weighted by Gasteiger charge is 2.42. The molecule has 4 atom stereocenters. The lowest BCUT2D eigenvalue weighted by atomic mass is 9.86. The highest BCUT2D eigenvalue weighted by molar-refractivity contribution is 6.00. The van der Waals surface area contributed by atoms with Gasteiger partial charge in [0.05, 0.1) is 20.6 Å². The summed E-state index contributed by atoms with van der Waals surface area (Å²) in [6.07, 6.45) is -0.214. The average molecular weight is 476 g/mol. The van der Waals surface area contributed by atoms with Crippen LogP contribution in [0.1, 0.15) is 18.9 Å². The van der Waals surface area contributed by atoms with Gasteiger partial charge in [0.2, 0.25) is 23.6 Å². The smallest absolute Gasteiger partial charge is 0.320 e. The van der Waals surface area contributed by atoms with Gasteiger partial charge in [0.25, 0.3) is 0 Å². The first-order valence-electron chi connectivity index (χ1n) is 10.5. The molecule has 184 valence electrons. The van der Waals surface area contributed by atoms with Crippen LogP contribution in [0.25, 0.3) is 0 Å². The standard InChI is InChI=1S/C22H28N4O8/c1-11(16(21(31)33-2)22(32)34-3)17(18(23)28)26-15(27)10-14-20(30)24-13(19(29)25-14)9-12-7-5-4-6-8-12/h4-8,11,13-14,16-17H,9-10H2,1-3H3,(H2,23,28)(H,24,30)(H,25,29)(H,26,27)/t11-,13+,14+,17+/m1/s1. The van der Waals surface area contributed by atoms with E-state index in [1.807, 2.05) is 30.3 Å². The van der Waals surface area contributed by atoms with Gasteiger partial charge in [0, 0.05) is 12.3 Å². The number of hydrogen-bond acceptors (Lipinski definition) is 8. The van der Waals surface area contributed by atoms with Crippen LogP contribution in [0, 0.1) is 11.8 Å². The maximum absolute atomic E-state index is 12.6. The van der Waals surface area contributed by atoms with Crippen molar-refractivity contribution in [2.75, 3.05) is 14.2 Å². The Morgan fingerprint density at radius 2 is 1.50 bits per heavy atom. The molecule has 0 radical (unpaired) electrons. The lowest BCUT2D eigenvalue weighted by Crippen LogP contribution is -2.63. The van der Waals surface area contributed by atoms with E-state index in [9.17, 15) is 28.8 Å². The minimum absolute atomic E-state index is 0.279.